The number of hydrogen-bond donors (Lipinski definition) is 2. The second-order valence-corrected chi connectivity index (χ2v) is 7.21. The highest BCUT2D eigenvalue weighted by atomic mass is 127. The molecule has 1 aliphatic heterocycles. The van der Waals surface area contributed by atoms with Crippen LogP contribution in [0, 0.1) is 5.92 Å². The Labute approximate surface area is 173 Å². The molecule has 26 heavy (non-hydrogen) atoms. The van der Waals surface area contributed by atoms with Gasteiger partial charge in [0.25, 0.3) is 0 Å². The molecular weight excluding hydrogens is 443 g/mol. The fourth-order valence-electron chi connectivity index (χ4n) is 2.87. The van der Waals surface area contributed by atoms with E-state index in [1.54, 1.807) is 6.20 Å². The van der Waals surface area contributed by atoms with E-state index in [2.05, 4.69) is 34.5 Å². The molecule has 0 aromatic carbocycles. The number of hydrogen-bond acceptors (Lipinski definition) is 4. The molecule has 1 aromatic rings. The normalized spacial score (nSPS) is 22.6. The fourth-order valence-corrected chi connectivity index (χ4v) is 2.87. The van der Waals surface area contributed by atoms with Gasteiger partial charge in [0.2, 0.25) is 5.88 Å². The van der Waals surface area contributed by atoms with Gasteiger partial charge in [-0.1, -0.05) is 0 Å². The first-order valence-corrected chi connectivity index (χ1v) is 9.41. The molecule has 146 valence electrons. The van der Waals surface area contributed by atoms with Gasteiger partial charge in [-0.3, -0.25) is 0 Å². The predicted molar refractivity (Wildman–Crippen MR) is 114 cm³/mol. The average Bonchev–Trinajstić information content (AvgIpc) is 3.36. The first kappa shape index (κ1) is 21.2. The van der Waals surface area contributed by atoms with E-state index in [1.807, 2.05) is 12.1 Å². The minimum atomic E-state index is -0.0866. The van der Waals surface area contributed by atoms with Crippen molar-refractivity contribution in [2.75, 3.05) is 26.3 Å². The van der Waals surface area contributed by atoms with Gasteiger partial charge in [0.15, 0.2) is 5.96 Å². The van der Waals surface area contributed by atoms with Crippen LogP contribution in [0.1, 0.15) is 45.1 Å². The zero-order chi connectivity index (χ0) is 17.5. The summed E-state index contributed by atoms with van der Waals surface area (Å²) in [5, 5.41) is 6.70. The van der Waals surface area contributed by atoms with Crippen molar-refractivity contribution in [3.05, 3.63) is 23.9 Å². The maximum absolute atomic E-state index is 5.83. The molecule has 2 N–H and O–H groups in total. The maximum atomic E-state index is 5.83. The van der Waals surface area contributed by atoms with Crippen LogP contribution in [-0.4, -0.2) is 42.8 Å². The Morgan fingerprint density at radius 3 is 2.96 bits per heavy atom. The lowest BCUT2D eigenvalue weighted by atomic mass is 10.0. The van der Waals surface area contributed by atoms with Crippen molar-refractivity contribution in [2.24, 2.45) is 10.9 Å². The molecular formula is C19H31IN4O2. The number of rotatable bonds is 8. The zero-order valence-corrected chi connectivity index (χ0v) is 18.1. The highest BCUT2D eigenvalue weighted by Crippen LogP contribution is 2.29. The number of halogens is 1. The van der Waals surface area contributed by atoms with E-state index < -0.39 is 0 Å². The van der Waals surface area contributed by atoms with Gasteiger partial charge in [-0.25, -0.2) is 9.98 Å². The summed E-state index contributed by atoms with van der Waals surface area (Å²) in [5.41, 5.74) is 1.01. The highest BCUT2D eigenvalue weighted by Gasteiger charge is 2.29. The zero-order valence-electron chi connectivity index (χ0n) is 15.8. The summed E-state index contributed by atoms with van der Waals surface area (Å²) in [5.74, 6) is 2.24. The molecule has 0 radical (unpaired) electrons. The molecule has 2 heterocycles. The van der Waals surface area contributed by atoms with Crippen molar-refractivity contribution >= 4 is 29.9 Å². The summed E-state index contributed by atoms with van der Waals surface area (Å²) >= 11 is 0. The Balaban J connectivity index is 0.00000243. The van der Waals surface area contributed by atoms with Gasteiger partial charge in [0, 0.05) is 32.0 Å². The van der Waals surface area contributed by atoms with Crippen molar-refractivity contribution < 1.29 is 9.47 Å². The lowest BCUT2D eigenvalue weighted by molar-refractivity contribution is 0.0243. The second-order valence-electron chi connectivity index (χ2n) is 7.21. The van der Waals surface area contributed by atoms with Gasteiger partial charge in [-0.15, -0.1) is 24.0 Å². The van der Waals surface area contributed by atoms with E-state index >= 15 is 0 Å². The molecule has 1 atom stereocenters. The Kier molecular flexibility index (Phi) is 8.40. The molecule has 7 heteroatoms. The fraction of sp³-hybridized carbons (Fsp3) is 0.684. The largest absolute Gasteiger partial charge is 0.477 e. The molecule has 0 bridgehead atoms. The Morgan fingerprint density at radius 2 is 2.27 bits per heavy atom. The van der Waals surface area contributed by atoms with Gasteiger partial charge in [0.1, 0.15) is 0 Å². The molecule has 1 aliphatic carbocycles. The molecule has 2 fully saturated rings. The van der Waals surface area contributed by atoms with Crippen molar-refractivity contribution in [3.63, 3.8) is 0 Å². The smallest absolute Gasteiger partial charge is 0.213 e. The Morgan fingerprint density at radius 1 is 1.42 bits per heavy atom. The molecule has 0 amide bonds. The molecule has 2 aliphatic rings. The molecule has 1 aromatic heterocycles. The number of aliphatic imine (C=N–C) groups is 1. The van der Waals surface area contributed by atoms with Gasteiger partial charge in [0.05, 0.1) is 18.8 Å². The van der Waals surface area contributed by atoms with Crippen LogP contribution in [0.4, 0.5) is 0 Å². The lowest BCUT2D eigenvalue weighted by Crippen LogP contribution is -2.45. The quantitative estimate of drug-likeness (QED) is 0.345. The number of nitrogens with zero attached hydrogens (tertiary/aromatic N) is 2. The van der Waals surface area contributed by atoms with Crippen LogP contribution >= 0.6 is 24.0 Å². The van der Waals surface area contributed by atoms with Crippen molar-refractivity contribution in [1.29, 1.82) is 0 Å². The van der Waals surface area contributed by atoms with E-state index in [0.717, 1.165) is 56.6 Å². The van der Waals surface area contributed by atoms with Gasteiger partial charge in [-0.2, -0.15) is 0 Å². The van der Waals surface area contributed by atoms with Gasteiger partial charge < -0.3 is 20.1 Å². The van der Waals surface area contributed by atoms with E-state index in [9.17, 15) is 0 Å². The Hall–Kier alpha value is -1.09. The number of nitrogens with one attached hydrogen (secondary N) is 2. The second kappa shape index (κ2) is 10.3. The summed E-state index contributed by atoms with van der Waals surface area (Å²) in [6.07, 6.45) is 6.58. The topological polar surface area (TPSA) is 67.8 Å². The van der Waals surface area contributed by atoms with E-state index in [4.69, 9.17) is 9.47 Å². The third-order valence-corrected chi connectivity index (χ3v) is 4.66. The maximum Gasteiger partial charge on any atom is 0.213 e. The minimum absolute atomic E-state index is 0. The summed E-state index contributed by atoms with van der Waals surface area (Å²) in [6, 6.07) is 3.97. The number of ether oxygens (including phenoxy) is 2. The molecule has 3 rings (SSSR count). The van der Waals surface area contributed by atoms with E-state index in [0.29, 0.717) is 12.4 Å². The number of pyridine rings is 1. The summed E-state index contributed by atoms with van der Waals surface area (Å²) in [7, 11) is 0. The summed E-state index contributed by atoms with van der Waals surface area (Å²) < 4.78 is 11.6. The van der Waals surface area contributed by atoms with Crippen LogP contribution in [0.2, 0.25) is 0 Å². The monoisotopic (exact) mass is 474 g/mol. The minimum Gasteiger partial charge on any atom is -0.477 e. The standard InChI is InChI=1S/C19H30N4O2.HI/c1-3-20-18(23-14-19(2)8-4-10-25-19)22-12-16-7-9-21-17(11-16)24-13-15-5-6-15;/h7,9,11,15H,3-6,8,10,12-14H2,1-2H3,(H2,20,22,23);1H. The van der Waals surface area contributed by atoms with Crippen LogP contribution in [0.3, 0.4) is 0 Å². The number of guanidine groups is 1. The molecule has 0 spiro atoms. The van der Waals surface area contributed by atoms with Crippen LogP contribution in [0.25, 0.3) is 0 Å². The third kappa shape index (κ3) is 6.90. The molecule has 6 nitrogen and oxygen atoms in total. The van der Waals surface area contributed by atoms with E-state index in [-0.39, 0.29) is 29.6 Å². The number of aromatic nitrogens is 1. The SMILES string of the molecule is CCNC(=NCc1ccnc(OCC2CC2)c1)NCC1(C)CCCO1.I. The van der Waals surface area contributed by atoms with Crippen LogP contribution in [0.15, 0.2) is 23.3 Å². The van der Waals surface area contributed by atoms with Crippen LogP contribution in [0.5, 0.6) is 5.88 Å². The Bertz CT molecular complexity index is 587. The van der Waals surface area contributed by atoms with Crippen molar-refractivity contribution in [1.82, 2.24) is 15.6 Å². The van der Waals surface area contributed by atoms with Gasteiger partial charge >= 0.3 is 0 Å². The predicted octanol–water partition coefficient (Wildman–Crippen LogP) is 3.11. The van der Waals surface area contributed by atoms with Crippen molar-refractivity contribution in [3.8, 4) is 5.88 Å². The van der Waals surface area contributed by atoms with Crippen LogP contribution < -0.4 is 15.4 Å². The third-order valence-electron chi connectivity index (χ3n) is 4.66. The lowest BCUT2D eigenvalue weighted by Gasteiger charge is -2.24. The van der Waals surface area contributed by atoms with Crippen LogP contribution in [-0.2, 0) is 11.3 Å². The summed E-state index contributed by atoms with van der Waals surface area (Å²) in [6.45, 7) is 8.05. The first-order chi connectivity index (χ1) is 12.2. The molecule has 1 unspecified atom stereocenters. The molecule has 1 saturated heterocycles. The first-order valence-electron chi connectivity index (χ1n) is 9.41. The molecule has 1 saturated carbocycles. The van der Waals surface area contributed by atoms with Crippen molar-refractivity contribution in [2.45, 2.75) is 51.7 Å². The average molecular weight is 474 g/mol. The summed E-state index contributed by atoms with van der Waals surface area (Å²) in [4.78, 5) is 8.96. The highest BCUT2D eigenvalue weighted by molar-refractivity contribution is 14.0. The van der Waals surface area contributed by atoms with E-state index in [1.165, 1.54) is 12.8 Å². The van der Waals surface area contributed by atoms with Gasteiger partial charge in [-0.05, 0) is 57.1 Å².